The van der Waals surface area contributed by atoms with E-state index in [0.717, 1.165) is 0 Å². The van der Waals surface area contributed by atoms with Gasteiger partial charge >= 0.3 is 5.97 Å². The van der Waals surface area contributed by atoms with Crippen LogP contribution < -0.4 is 5.73 Å². The number of carbonyl (C=O) groups excluding carboxylic acids is 1. The normalized spacial score (nSPS) is 12.7. The maximum Gasteiger partial charge on any atom is 0.322 e. The molecule has 1 atom stereocenters. The van der Waals surface area contributed by atoms with Crippen LogP contribution in [-0.4, -0.2) is 42.6 Å². The van der Waals surface area contributed by atoms with E-state index in [9.17, 15) is 4.79 Å². The monoisotopic (exact) mass is 190 g/mol. The number of thiocarbonyl (C=S) groups is 1. The summed E-state index contributed by atoms with van der Waals surface area (Å²) in [5.41, 5.74) is 5.31. The first-order chi connectivity index (χ1) is 5.49. The molecule has 0 aliphatic heterocycles. The molecule has 70 valence electrons. The molecular weight excluding hydrogens is 176 g/mol. The molecular formula is C7H14N2O2S. The van der Waals surface area contributed by atoms with Crippen molar-refractivity contribution >= 4 is 23.2 Å². The SMILES string of the molecule is COC(=O)C(C)N(C)CC(N)=S. The number of rotatable bonds is 4. The molecule has 0 aromatic heterocycles. The Hall–Kier alpha value is -0.680. The molecule has 0 heterocycles. The topological polar surface area (TPSA) is 55.6 Å². The van der Waals surface area contributed by atoms with Crippen LogP contribution in [0.25, 0.3) is 0 Å². The molecule has 2 N–H and O–H groups in total. The quantitative estimate of drug-likeness (QED) is 0.490. The zero-order valence-electron chi connectivity index (χ0n) is 7.53. The Kier molecular flexibility index (Phi) is 4.77. The predicted molar refractivity (Wildman–Crippen MR) is 50.9 cm³/mol. The van der Waals surface area contributed by atoms with E-state index in [2.05, 4.69) is 4.74 Å². The molecule has 1 unspecified atom stereocenters. The first-order valence-corrected chi connectivity index (χ1v) is 3.96. The molecule has 0 saturated heterocycles. The summed E-state index contributed by atoms with van der Waals surface area (Å²) in [4.78, 5) is 13.1. The third-order valence-corrected chi connectivity index (χ3v) is 1.74. The fourth-order valence-electron chi connectivity index (χ4n) is 0.733. The van der Waals surface area contributed by atoms with Crippen molar-refractivity contribution in [2.45, 2.75) is 13.0 Å². The van der Waals surface area contributed by atoms with E-state index < -0.39 is 0 Å². The zero-order chi connectivity index (χ0) is 9.72. The van der Waals surface area contributed by atoms with E-state index in [-0.39, 0.29) is 12.0 Å². The van der Waals surface area contributed by atoms with Gasteiger partial charge in [0.15, 0.2) is 0 Å². The lowest BCUT2D eigenvalue weighted by Crippen LogP contribution is -2.41. The minimum Gasteiger partial charge on any atom is -0.468 e. The average Bonchev–Trinajstić information content (AvgIpc) is 2.00. The summed E-state index contributed by atoms with van der Waals surface area (Å²) >= 11 is 4.70. The van der Waals surface area contributed by atoms with Gasteiger partial charge in [-0.3, -0.25) is 9.69 Å². The van der Waals surface area contributed by atoms with Gasteiger partial charge in [0.05, 0.1) is 12.1 Å². The second kappa shape index (κ2) is 5.05. The van der Waals surface area contributed by atoms with Crippen molar-refractivity contribution in [3.8, 4) is 0 Å². The van der Waals surface area contributed by atoms with Crippen LogP contribution in [0.3, 0.4) is 0 Å². The largest absolute Gasteiger partial charge is 0.468 e. The highest BCUT2D eigenvalue weighted by atomic mass is 32.1. The fraction of sp³-hybridized carbons (Fsp3) is 0.714. The molecule has 0 aliphatic carbocycles. The number of esters is 1. The smallest absolute Gasteiger partial charge is 0.322 e. The summed E-state index contributed by atoms with van der Waals surface area (Å²) in [5, 5.41) is 0. The van der Waals surface area contributed by atoms with Crippen LogP contribution in [0.4, 0.5) is 0 Å². The van der Waals surface area contributed by atoms with Crippen molar-refractivity contribution in [3.63, 3.8) is 0 Å². The molecule has 4 nitrogen and oxygen atoms in total. The summed E-state index contributed by atoms with van der Waals surface area (Å²) < 4.78 is 4.55. The second-order valence-electron chi connectivity index (χ2n) is 2.58. The summed E-state index contributed by atoms with van der Waals surface area (Å²) in [6.07, 6.45) is 0. The Morgan fingerprint density at radius 1 is 1.75 bits per heavy atom. The average molecular weight is 190 g/mol. The molecule has 0 spiro atoms. The van der Waals surface area contributed by atoms with E-state index in [1.165, 1.54) is 7.11 Å². The highest BCUT2D eigenvalue weighted by molar-refractivity contribution is 7.80. The molecule has 0 aromatic rings. The first-order valence-electron chi connectivity index (χ1n) is 3.55. The number of hydrogen-bond acceptors (Lipinski definition) is 4. The highest BCUT2D eigenvalue weighted by Gasteiger charge is 2.18. The van der Waals surface area contributed by atoms with Gasteiger partial charge in [-0.2, -0.15) is 0 Å². The summed E-state index contributed by atoms with van der Waals surface area (Å²) in [6, 6.07) is -0.309. The Bertz CT molecular complexity index is 184. The molecule has 0 amide bonds. The standard InChI is InChI=1S/C7H14N2O2S/c1-5(7(10)11-3)9(2)4-6(8)12/h5H,4H2,1-3H3,(H2,8,12). The first kappa shape index (κ1) is 11.3. The lowest BCUT2D eigenvalue weighted by Gasteiger charge is -2.21. The molecule has 0 aromatic carbocycles. The number of carbonyl (C=O) groups is 1. The Morgan fingerprint density at radius 2 is 2.25 bits per heavy atom. The Labute approximate surface area is 77.7 Å². The van der Waals surface area contributed by atoms with Crippen LogP contribution in [0, 0.1) is 0 Å². The van der Waals surface area contributed by atoms with Crippen LogP contribution in [-0.2, 0) is 9.53 Å². The molecule has 5 heteroatoms. The van der Waals surface area contributed by atoms with Gasteiger partial charge in [0.1, 0.15) is 6.04 Å². The third kappa shape index (κ3) is 3.64. The van der Waals surface area contributed by atoms with Gasteiger partial charge in [-0.1, -0.05) is 12.2 Å². The van der Waals surface area contributed by atoms with Crippen LogP contribution in [0.2, 0.25) is 0 Å². The number of likely N-dealkylation sites (N-methyl/N-ethyl adjacent to an activating group) is 1. The predicted octanol–water partition coefficient (Wildman–Crippen LogP) is -0.234. The van der Waals surface area contributed by atoms with Gasteiger partial charge < -0.3 is 10.5 Å². The van der Waals surface area contributed by atoms with E-state index in [4.69, 9.17) is 18.0 Å². The maximum absolute atomic E-state index is 11.0. The van der Waals surface area contributed by atoms with E-state index in [0.29, 0.717) is 11.5 Å². The lowest BCUT2D eigenvalue weighted by molar-refractivity contribution is -0.145. The second-order valence-corrected chi connectivity index (χ2v) is 3.10. The van der Waals surface area contributed by atoms with Crippen molar-refractivity contribution in [2.75, 3.05) is 20.7 Å². The van der Waals surface area contributed by atoms with Gasteiger partial charge in [0.25, 0.3) is 0 Å². The third-order valence-electron chi connectivity index (χ3n) is 1.61. The van der Waals surface area contributed by atoms with E-state index in [1.807, 2.05) is 0 Å². The summed E-state index contributed by atoms with van der Waals surface area (Å²) in [6.45, 7) is 2.16. The van der Waals surface area contributed by atoms with Crippen LogP contribution in [0.5, 0.6) is 0 Å². The summed E-state index contributed by atoms with van der Waals surface area (Å²) in [7, 11) is 3.12. The van der Waals surface area contributed by atoms with Crippen molar-refractivity contribution in [3.05, 3.63) is 0 Å². The van der Waals surface area contributed by atoms with Crippen molar-refractivity contribution in [1.82, 2.24) is 4.90 Å². The Morgan fingerprint density at radius 3 is 2.58 bits per heavy atom. The summed E-state index contributed by atoms with van der Waals surface area (Å²) in [5.74, 6) is -0.284. The Balaban J connectivity index is 4.00. The molecule has 0 fully saturated rings. The van der Waals surface area contributed by atoms with Crippen molar-refractivity contribution in [1.29, 1.82) is 0 Å². The van der Waals surface area contributed by atoms with Gasteiger partial charge in [0, 0.05) is 6.54 Å². The van der Waals surface area contributed by atoms with E-state index >= 15 is 0 Å². The van der Waals surface area contributed by atoms with Crippen LogP contribution in [0.1, 0.15) is 6.92 Å². The number of methoxy groups -OCH3 is 1. The van der Waals surface area contributed by atoms with Gasteiger partial charge in [0.2, 0.25) is 0 Å². The molecule has 0 rings (SSSR count). The fourth-order valence-corrected chi connectivity index (χ4v) is 0.937. The highest BCUT2D eigenvalue weighted by Crippen LogP contribution is 1.96. The number of nitrogens with two attached hydrogens (primary N) is 1. The number of nitrogens with zero attached hydrogens (tertiary/aromatic N) is 1. The van der Waals surface area contributed by atoms with Gasteiger partial charge in [-0.15, -0.1) is 0 Å². The van der Waals surface area contributed by atoms with E-state index in [1.54, 1.807) is 18.9 Å². The minimum atomic E-state index is -0.309. The molecule has 0 aliphatic rings. The zero-order valence-corrected chi connectivity index (χ0v) is 8.35. The van der Waals surface area contributed by atoms with Crippen molar-refractivity contribution in [2.24, 2.45) is 5.73 Å². The van der Waals surface area contributed by atoms with Crippen molar-refractivity contribution < 1.29 is 9.53 Å². The maximum atomic E-state index is 11.0. The molecule has 0 bridgehead atoms. The van der Waals surface area contributed by atoms with Crippen LogP contribution >= 0.6 is 12.2 Å². The van der Waals surface area contributed by atoms with Crippen LogP contribution in [0.15, 0.2) is 0 Å². The molecule has 0 radical (unpaired) electrons. The number of ether oxygens (including phenoxy) is 1. The lowest BCUT2D eigenvalue weighted by atomic mass is 10.3. The molecule has 12 heavy (non-hydrogen) atoms. The minimum absolute atomic E-state index is 0.284. The van der Waals surface area contributed by atoms with Gasteiger partial charge in [-0.25, -0.2) is 0 Å². The molecule has 0 saturated carbocycles. The van der Waals surface area contributed by atoms with Gasteiger partial charge in [-0.05, 0) is 14.0 Å². The number of hydrogen-bond donors (Lipinski definition) is 1.